The summed E-state index contributed by atoms with van der Waals surface area (Å²) in [7, 11) is 0. The number of hydrogen-bond acceptors (Lipinski definition) is 3. The monoisotopic (exact) mass is 267 g/mol. The Balaban J connectivity index is 1.77. The molecule has 20 heavy (non-hydrogen) atoms. The number of fused-ring (bicyclic) bond motifs is 3. The highest BCUT2D eigenvalue weighted by Crippen LogP contribution is 2.35. The maximum Gasteiger partial charge on any atom is 0.433 e. The van der Waals surface area contributed by atoms with Crippen molar-refractivity contribution in [1.82, 2.24) is 0 Å². The highest BCUT2D eigenvalue weighted by Gasteiger charge is 2.31. The lowest BCUT2D eigenvalue weighted by molar-refractivity contribution is -0.117. The molecule has 1 aromatic carbocycles. The molecule has 1 aliphatic heterocycles. The van der Waals surface area contributed by atoms with Gasteiger partial charge in [-0.1, -0.05) is 12.1 Å². The molecule has 1 unspecified atom stereocenters. The van der Waals surface area contributed by atoms with Crippen molar-refractivity contribution in [2.45, 2.75) is 32.5 Å². The lowest BCUT2D eigenvalue weighted by Crippen LogP contribution is -2.17. The number of rotatable bonds is 3. The van der Waals surface area contributed by atoms with E-state index in [1.807, 2.05) is 0 Å². The fraction of sp³-hybridized carbons (Fsp3) is 0.400. The van der Waals surface area contributed by atoms with Crippen molar-refractivity contribution in [1.29, 1.82) is 5.26 Å². The van der Waals surface area contributed by atoms with Gasteiger partial charge in [0.2, 0.25) is 0 Å². The minimum atomic E-state index is -0.408. The number of Topliss-reactive ketones (excluding diaryl/α,β-unsaturated/α-hetero) is 1. The summed E-state index contributed by atoms with van der Waals surface area (Å²) in [5, 5.41) is 8.69. The van der Waals surface area contributed by atoms with Crippen LogP contribution in [-0.4, -0.2) is 16.3 Å². The molecule has 5 nitrogen and oxygen atoms in total. The van der Waals surface area contributed by atoms with Gasteiger partial charge >= 0.3 is 5.71 Å². The normalized spacial score (nSPS) is 18.9. The molecule has 0 aromatic heterocycles. The van der Waals surface area contributed by atoms with Gasteiger partial charge in [-0.3, -0.25) is 4.79 Å². The number of ether oxygens (including phenoxy) is 1. The number of ketones is 1. The average Bonchev–Trinajstić information content (AvgIpc) is 3.04. The summed E-state index contributed by atoms with van der Waals surface area (Å²) in [6.07, 6.45) is 1.91. The zero-order valence-electron chi connectivity index (χ0n) is 10.9. The van der Waals surface area contributed by atoms with Crippen LogP contribution >= 0.6 is 0 Å². The molecule has 0 bridgehead atoms. The van der Waals surface area contributed by atoms with Crippen LogP contribution in [-0.2, 0) is 35.6 Å². The predicted molar refractivity (Wildman–Crippen MR) is 69.7 cm³/mol. The molecule has 0 radical (unpaired) electrons. The second-order valence-electron chi connectivity index (χ2n) is 5.30. The molecule has 1 aromatic rings. The molecule has 0 saturated heterocycles. The van der Waals surface area contributed by atoms with Crippen molar-refractivity contribution >= 4 is 11.5 Å². The molecule has 0 N–H and O–H groups in total. The zero-order valence-corrected chi connectivity index (χ0v) is 10.9. The first-order chi connectivity index (χ1) is 9.72. The minimum Gasteiger partial charge on any atom is -0.372 e. The molecule has 2 aliphatic rings. The molecular weight excluding hydrogens is 254 g/mol. The van der Waals surface area contributed by atoms with E-state index >= 15 is 0 Å². The van der Waals surface area contributed by atoms with E-state index in [1.165, 1.54) is 22.3 Å². The summed E-state index contributed by atoms with van der Waals surface area (Å²) in [6, 6.07) is 5.83. The maximum atomic E-state index is 11.8. The molecule has 1 aliphatic carbocycles. The zero-order chi connectivity index (χ0) is 14.1. The van der Waals surface area contributed by atoms with E-state index in [0.29, 0.717) is 13.2 Å². The fourth-order valence-electron chi connectivity index (χ4n) is 3.13. The standard InChI is InChI=1S/C15H13N3O2/c16-6-14(18-17)15(19)5-9-3-10-1-2-11-7-20-8-13(11)12(10)4-9/h1-2,9H,3-5,7-8H2. The van der Waals surface area contributed by atoms with Gasteiger partial charge in [0.1, 0.15) is 0 Å². The van der Waals surface area contributed by atoms with E-state index in [4.69, 9.17) is 15.5 Å². The lowest BCUT2D eigenvalue weighted by Gasteiger charge is -2.05. The molecule has 3 rings (SSSR count). The Morgan fingerprint density at radius 3 is 2.90 bits per heavy atom. The third kappa shape index (κ3) is 2.05. The first kappa shape index (κ1) is 12.7. The highest BCUT2D eigenvalue weighted by atomic mass is 16.5. The van der Waals surface area contributed by atoms with E-state index in [9.17, 15) is 4.79 Å². The number of nitrogens with zero attached hydrogens (tertiary/aromatic N) is 3. The van der Waals surface area contributed by atoms with Crippen molar-refractivity contribution in [2.75, 3.05) is 0 Å². The second kappa shape index (κ2) is 5.01. The van der Waals surface area contributed by atoms with Crippen LogP contribution in [0.15, 0.2) is 12.1 Å². The van der Waals surface area contributed by atoms with Gasteiger partial charge in [0.25, 0.3) is 5.78 Å². The van der Waals surface area contributed by atoms with Gasteiger partial charge in [-0.2, -0.15) is 10.1 Å². The second-order valence-corrected chi connectivity index (χ2v) is 5.30. The molecule has 5 heteroatoms. The van der Waals surface area contributed by atoms with Gasteiger partial charge in [0, 0.05) is 6.42 Å². The molecule has 0 fully saturated rings. The van der Waals surface area contributed by atoms with Crippen LogP contribution in [0.5, 0.6) is 0 Å². The van der Waals surface area contributed by atoms with Gasteiger partial charge in [-0.15, -0.1) is 0 Å². The minimum absolute atomic E-state index is 0.176. The Labute approximate surface area is 116 Å². The number of carbonyl (C=O) groups is 1. The topological polar surface area (TPSA) is 86.5 Å². The summed E-state index contributed by atoms with van der Waals surface area (Å²) in [6.45, 7) is 1.32. The SMILES string of the molecule is N#CC(=[N+]=[N-])C(=O)CC1Cc2ccc3c(c2C1)COC3. The van der Waals surface area contributed by atoms with Gasteiger partial charge in [0.15, 0.2) is 6.07 Å². The lowest BCUT2D eigenvalue weighted by atomic mass is 9.96. The Morgan fingerprint density at radius 2 is 2.15 bits per heavy atom. The molecule has 1 atom stereocenters. The van der Waals surface area contributed by atoms with Crippen LogP contribution in [0.3, 0.4) is 0 Å². The third-order valence-corrected chi connectivity index (χ3v) is 4.07. The van der Waals surface area contributed by atoms with E-state index in [2.05, 4.69) is 16.9 Å². The number of benzene rings is 1. The Hall–Kier alpha value is -2.28. The largest absolute Gasteiger partial charge is 0.433 e. The van der Waals surface area contributed by atoms with Crippen LogP contribution in [0.2, 0.25) is 0 Å². The van der Waals surface area contributed by atoms with Crippen LogP contribution < -0.4 is 0 Å². The van der Waals surface area contributed by atoms with E-state index in [0.717, 1.165) is 12.8 Å². The van der Waals surface area contributed by atoms with E-state index in [-0.39, 0.29) is 18.1 Å². The van der Waals surface area contributed by atoms with E-state index in [1.54, 1.807) is 6.07 Å². The van der Waals surface area contributed by atoms with Crippen molar-refractivity contribution in [3.63, 3.8) is 0 Å². The Morgan fingerprint density at radius 1 is 1.35 bits per heavy atom. The van der Waals surface area contributed by atoms with Crippen molar-refractivity contribution < 1.29 is 14.3 Å². The van der Waals surface area contributed by atoms with Crippen LogP contribution in [0.25, 0.3) is 5.53 Å². The maximum absolute atomic E-state index is 11.8. The molecule has 0 saturated carbocycles. The third-order valence-electron chi connectivity index (χ3n) is 4.07. The van der Waals surface area contributed by atoms with Gasteiger partial charge in [0.05, 0.1) is 13.2 Å². The number of hydrogen-bond donors (Lipinski definition) is 0. The number of nitriles is 1. The molecular formula is C15H13N3O2. The fourth-order valence-corrected chi connectivity index (χ4v) is 3.13. The summed E-state index contributed by atoms with van der Waals surface area (Å²) >= 11 is 0. The van der Waals surface area contributed by atoms with Gasteiger partial charge < -0.3 is 10.3 Å². The predicted octanol–water partition coefficient (Wildman–Crippen LogP) is 1.59. The van der Waals surface area contributed by atoms with Crippen molar-refractivity contribution in [2.24, 2.45) is 5.92 Å². The molecule has 0 amide bonds. The number of carbonyl (C=O) groups excluding carboxylic acids is 1. The quantitative estimate of drug-likeness (QED) is 0.473. The van der Waals surface area contributed by atoms with Crippen LogP contribution in [0, 0.1) is 17.2 Å². The smallest absolute Gasteiger partial charge is 0.372 e. The van der Waals surface area contributed by atoms with Gasteiger partial charge in [-0.25, -0.2) is 0 Å². The van der Waals surface area contributed by atoms with Crippen LogP contribution in [0.4, 0.5) is 0 Å². The van der Waals surface area contributed by atoms with Crippen molar-refractivity contribution in [3.8, 4) is 6.07 Å². The average molecular weight is 267 g/mol. The Bertz CT molecular complexity index is 681. The van der Waals surface area contributed by atoms with Crippen LogP contribution in [0.1, 0.15) is 28.7 Å². The molecule has 100 valence electrons. The summed E-state index contributed by atoms with van der Waals surface area (Å²) in [5.41, 5.74) is 13.3. The molecule has 0 spiro atoms. The summed E-state index contributed by atoms with van der Waals surface area (Å²) in [5.74, 6) is -0.213. The summed E-state index contributed by atoms with van der Waals surface area (Å²) in [4.78, 5) is 14.5. The van der Waals surface area contributed by atoms with Gasteiger partial charge in [-0.05, 0) is 41.0 Å². The van der Waals surface area contributed by atoms with Crippen molar-refractivity contribution in [3.05, 3.63) is 39.9 Å². The van der Waals surface area contributed by atoms with E-state index < -0.39 is 5.71 Å². The first-order valence-corrected chi connectivity index (χ1v) is 6.58. The first-order valence-electron chi connectivity index (χ1n) is 6.58. The Kier molecular flexibility index (Phi) is 3.19. The molecule has 1 heterocycles. The highest BCUT2D eigenvalue weighted by molar-refractivity contribution is 6.43. The summed E-state index contributed by atoms with van der Waals surface area (Å²) < 4.78 is 5.47.